The quantitative estimate of drug-likeness (QED) is 0.528. The number of hydrogen-bond donors (Lipinski definition) is 0. The molecule has 0 atom stereocenters. The second-order valence-electron chi connectivity index (χ2n) is 2.86. The van der Waals surface area contributed by atoms with Crippen LogP contribution in [0.5, 0.6) is 0 Å². The molecule has 1 aliphatic rings. The molecule has 2 amide bonds. The van der Waals surface area contributed by atoms with E-state index < -0.39 is 0 Å². The Bertz CT molecular complexity index is 210. The summed E-state index contributed by atoms with van der Waals surface area (Å²) >= 11 is 0. The maximum absolute atomic E-state index is 11.0. The highest BCUT2D eigenvalue weighted by molar-refractivity contribution is 6.02. The van der Waals surface area contributed by atoms with Crippen LogP contribution in [0.15, 0.2) is 11.8 Å². The van der Waals surface area contributed by atoms with Crippen molar-refractivity contribution in [1.82, 2.24) is 4.90 Å². The lowest BCUT2D eigenvalue weighted by atomic mass is 10.4. The normalized spacial score (nSPS) is 17.5. The van der Waals surface area contributed by atoms with Crippen LogP contribution in [0.4, 0.5) is 0 Å². The van der Waals surface area contributed by atoms with Crippen molar-refractivity contribution >= 4 is 11.8 Å². The Balaban J connectivity index is 2.77. The minimum Gasteiger partial charge on any atom is -0.274 e. The summed E-state index contributed by atoms with van der Waals surface area (Å²) in [6.07, 6.45) is 2.32. The molecule has 1 rings (SSSR count). The molecule has 3 heteroatoms. The minimum absolute atomic E-state index is 0.0869. The summed E-state index contributed by atoms with van der Waals surface area (Å²) in [6, 6.07) is 0. The van der Waals surface area contributed by atoms with Gasteiger partial charge in [0.25, 0.3) is 0 Å². The summed E-state index contributed by atoms with van der Waals surface area (Å²) in [5, 5.41) is 0. The van der Waals surface area contributed by atoms with Crippen molar-refractivity contribution < 1.29 is 9.59 Å². The van der Waals surface area contributed by atoms with Crippen molar-refractivity contribution in [3.05, 3.63) is 11.8 Å². The Hall–Kier alpha value is -1.12. The number of carbonyl (C=O) groups excluding carboxylic acids is 2. The number of rotatable bonds is 1. The smallest absolute Gasteiger partial charge is 0.233 e. The first-order valence-corrected chi connectivity index (χ1v) is 3.61. The molecule has 0 aromatic carbocycles. The van der Waals surface area contributed by atoms with Gasteiger partial charge in [0, 0.05) is 19.0 Å². The Morgan fingerprint density at radius 2 is 1.73 bits per heavy atom. The Labute approximate surface area is 65.7 Å². The van der Waals surface area contributed by atoms with Gasteiger partial charge in [-0.1, -0.05) is 5.57 Å². The minimum atomic E-state index is -0.0869. The maximum Gasteiger partial charge on any atom is 0.233 e. The third-order valence-electron chi connectivity index (χ3n) is 1.48. The topological polar surface area (TPSA) is 37.4 Å². The number of likely N-dealkylation sites (tertiary alicyclic amines) is 1. The number of imide groups is 1. The highest BCUT2D eigenvalue weighted by Crippen LogP contribution is 2.12. The van der Waals surface area contributed by atoms with E-state index in [0.29, 0.717) is 12.8 Å². The third-order valence-corrected chi connectivity index (χ3v) is 1.48. The molecule has 0 aliphatic carbocycles. The van der Waals surface area contributed by atoms with Crippen LogP contribution < -0.4 is 0 Å². The molecule has 1 saturated heterocycles. The van der Waals surface area contributed by atoms with Crippen LogP contribution in [0, 0.1) is 0 Å². The van der Waals surface area contributed by atoms with Gasteiger partial charge in [0.05, 0.1) is 0 Å². The predicted octanol–water partition coefficient (Wildman–Crippen LogP) is 1.06. The zero-order chi connectivity index (χ0) is 8.43. The molecule has 0 bridgehead atoms. The first-order chi connectivity index (χ1) is 5.11. The van der Waals surface area contributed by atoms with E-state index >= 15 is 0 Å². The van der Waals surface area contributed by atoms with Crippen LogP contribution in [0.2, 0.25) is 0 Å². The van der Waals surface area contributed by atoms with Crippen LogP contribution in [0.1, 0.15) is 26.7 Å². The third kappa shape index (κ3) is 1.67. The maximum atomic E-state index is 11.0. The Kier molecular flexibility index (Phi) is 2.08. The number of amides is 2. The summed E-state index contributed by atoms with van der Waals surface area (Å²) in [5.41, 5.74) is 0.966. The van der Waals surface area contributed by atoms with Crippen molar-refractivity contribution in [3.63, 3.8) is 0 Å². The van der Waals surface area contributed by atoms with Crippen molar-refractivity contribution in [3.8, 4) is 0 Å². The van der Waals surface area contributed by atoms with Gasteiger partial charge in [-0.05, 0) is 13.8 Å². The van der Waals surface area contributed by atoms with E-state index in [9.17, 15) is 9.59 Å². The van der Waals surface area contributed by atoms with Crippen molar-refractivity contribution in [2.75, 3.05) is 0 Å². The molecule has 0 radical (unpaired) electrons. The lowest BCUT2D eigenvalue weighted by Gasteiger charge is -2.06. The number of allylic oxidation sites excluding steroid dienone is 1. The van der Waals surface area contributed by atoms with E-state index in [2.05, 4.69) is 0 Å². The molecular weight excluding hydrogens is 142 g/mol. The molecule has 1 aliphatic heterocycles. The predicted molar refractivity (Wildman–Crippen MR) is 40.5 cm³/mol. The molecule has 0 aromatic rings. The molecule has 0 N–H and O–H groups in total. The highest BCUT2D eigenvalue weighted by atomic mass is 16.2. The van der Waals surface area contributed by atoms with Gasteiger partial charge in [0.15, 0.2) is 0 Å². The fraction of sp³-hybridized carbons (Fsp3) is 0.500. The van der Waals surface area contributed by atoms with Crippen LogP contribution in [-0.4, -0.2) is 16.7 Å². The largest absolute Gasteiger partial charge is 0.274 e. The summed E-state index contributed by atoms with van der Waals surface area (Å²) in [4.78, 5) is 23.2. The van der Waals surface area contributed by atoms with Crippen molar-refractivity contribution in [2.24, 2.45) is 0 Å². The van der Waals surface area contributed by atoms with Gasteiger partial charge >= 0.3 is 0 Å². The zero-order valence-corrected chi connectivity index (χ0v) is 6.76. The van der Waals surface area contributed by atoms with Crippen LogP contribution in [0.3, 0.4) is 0 Å². The number of carbonyl (C=O) groups is 2. The monoisotopic (exact) mass is 153 g/mol. The van der Waals surface area contributed by atoms with E-state index in [-0.39, 0.29) is 11.8 Å². The second-order valence-corrected chi connectivity index (χ2v) is 2.86. The van der Waals surface area contributed by atoms with Crippen LogP contribution >= 0.6 is 0 Å². The Morgan fingerprint density at radius 3 is 2.09 bits per heavy atom. The van der Waals surface area contributed by atoms with Crippen molar-refractivity contribution in [1.29, 1.82) is 0 Å². The summed E-state index contributed by atoms with van der Waals surface area (Å²) in [5.74, 6) is -0.174. The molecule has 1 fully saturated rings. The van der Waals surface area contributed by atoms with Gasteiger partial charge in [-0.2, -0.15) is 0 Å². The van der Waals surface area contributed by atoms with E-state index in [0.717, 1.165) is 5.57 Å². The lowest BCUT2D eigenvalue weighted by Crippen LogP contribution is -2.22. The fourth-order valence-electron chi connectivity index (χ4n) is 0.996. The first kappa shape index (κ1) is 7.98. The van der Waals surface area contributed by atoms with E-state index in [1.807, 2.05) is 13.8 Å². The lowest BCUT2D eigenvalue weighted by molar-refractivity contribution is -0.135. The van der Waals surface area contributed by atoms with Gasteiger partial charge in [-0.3, -0.25) is 14.5 Å². The van der Waals surface area contributed by atoms with Crippen molar-refractivity contribution in [2.45, 2.75) is 26.7 Å². The zero-order valence-electron chi connectivity index (χ0n) is 6.76. The van der Waals surface area contributed by atoms with Gasteiger partial charge in [-0.25, -0.2) is 0 Å². The highest BCUT2D eigenvalue weighted by Gasteiger charge is 2.26. The van der Waals surface area contributed by atoms with Gasteiger partial charge < -0.3 is 0 Å². The standard InChI is InChI=1S/C8H11NO2/c1-6(2)5-9-7(10)3-4-8(9)11/h5H,3-4H2,1-2H3. The number of hydrogen-bond acceptors (Lipinski definition) is 2. The SMILES string of the molecule is CC(C)=CN1C(=O)CCC1=O. The van der Waals surface area contributed by atoms with Gasteiger partial charge in [0.1, 0.15) is 0 Å². The Morgan fingerprint density at radius 1 is 1.27 bits per heavy atom. The average Bonchev–Trinajstić information content (AvgIpc) is 2.18. The summed E-state index contributed by atoms with van der Waals surface area (Å²) < 4.78 is 0. The molecule has 60 valence electrons. The second kappa shape index (κ2) is 2.86. The van der Waals surface area contributed by atoms with E-state index in [1.54, 1.807) is 6.20 Å². The van der Waals surface area contributed by atoms with Gasteiger partial charge in [-0.15, -0.1) is 0 Å². The van der Waals surface area contributed by atoms with E-state index in [4.69, 9.17) is 0 Å². The van der Waals surface area contributed by atoms with Crippen LogP contribution in [0.25, 0.3) is 0 Å². The molecule has 0 unspecified atom stereocenters. The summed E-state index contributed by atoms with van der Waals surface area (Å²) in [7, 11) is 0. The molecular formula is C8H11NO2. The van der Waals surface area contributed by atoms with Crippen LogP contribution in [-0.2, 0) is 9.59 Å². The fourth-order valence-corrected chi connectivity index (χ4v) is 0.996. The molecule has 0 saturated carbocycles. The molecule has 0 aromatic heterocycles. The molecule has 11 heavy (non-hydrogen) atoms. The number of nitrogens with zero attached hydrogens (tertiary/aromatic N) is 1. The van der Waals surface area contributed by atoms with E-state index in [1.165, 1.54) is 4.90 Å². The summed E-state index contributed by atoms with van der Waals surface area (Å²) in [6.45, 7) is 3.72. The molecule has 3 nitrogen and oxygen atoms in total. The first-order valence-electron chi connectivity index (χ1n) is 3.61. The molecule has 1 heterocycles. The van der Waals surface area contributed by atoms with Gasteiger partial charge in [0.2, 0.25) is 11.8 Å². The average molecular weight is 153 g/mol. The molecule has 0 spiro atoms.